The van der Waals surface area contributed by atoms with Gasteiger partial charge in [0.25, 0.3) is 0 Å². The molecule has 4 nitrogen and oxygen atoms in total. The number of ether oxygens (including phenoxy) is 1. The van der Waals surface area contributed by atoms with Gasteiger partial charge in [0.2, 0.25) is 5.91 Å². The van der Waals surface area contributed by atoms with Gasteiger partial charge < -0.3 is 15.8 Å². The lowest BCUT2D eigenvalue weighted by Gasteiger charge is -2.09. The molecule has 0 saturated carbocycles. The van der Waals surface area contributed by atoms with E-state index in [9.17, 15) is 18.0 Å². The number of benzene rings is 1. The van der Waals surface area contributed by atoms with Crippen LogP contribution in [0.5, 0.6) is 0 Å². The molecular weight excluding hydrogens is 249 g/mol. The normalized spacial score (nSPS) is 11.3. The number of alkyl halides is 3. The Morgan fingerprint density at radius 2 is 2.11 bits per heavy atom. The first-order valence-electron chi connectivity index (χ1n) is 5.08. The fraction of sp³-hybridized carbons (Fsp3) is 0.364. The first-order chi connectivity index (χ1) is 8.28. The summed E-state index contributed by atoms with van der Waals surface area (Å²) in [6, 6.07) is 4.78. The number of amides is 1. The predicted octanol–water partition coefficient (Wildman–Crippen LogP) is 2.09. The molecule has 0 atom stereocenters. The minimum Gasteiger partial charge on any atom is -0.399 e. The third-order valence-corrected chi connectivity index (χ3v) is 2.05. The number of carbonyl (C=O) groups excluding carboxylic acids is 1. The fourth-order valence-electron chi connectivity index (χ4n) is 1.21. The molecule has 1 aromatic rings. The highest BCUT2D eigenvalue weighted by Gasteiger charge is 2.27. The van der Waals surface area contributed by atoms with Gasteiger partial charge in [-0.15, -0.1) is 0 Å². The van der Waals surface area contributed by atoms with Gasteiger partial charge in [0, 0.05) is 11.4 Å². The molecule has 0 saturated heterocycles. The topological polar surface area (TPSA) is 64.3 Å². The van der Waals surface area contributed by atoms with Gasteiger partial charge in [-0.25, -0.2) is 0 Å². The molecule has 0 aliphatic heterocycles. The molecule has 1 rings (SSSR count). The first kappa shape index (κ1) is 14.3. The quantitative estimate of drug-likeness (QED) is 0.817. The smallest absolute Gasteiger partial charge is 0.399 e. The van der Waals surface area contributed by atoms with Gasteiger partial charge in [-0.3, -0.25) is 4.79 Å². The second-order valence-corrected chi connectivity index (χ2v) is 3.73. The summed E-state index contributed by atoms with van der Waals surface area (Å²) in [5, 5.41) is 2.41. The summed E-state index contributed by atoms with van der Waals surface area (Å²) in [4.78, 5) is 11.3. The van der Waals surface area contributed by atoms with E-state index in [1.165, 1.54) is 0 Å². The van der Waals surface area contributed by atoms with Crippen molar-refractivity contribution < 1.29 is 22.7 Å². The van der Waals surface area contributed by atoms with Gasteiger partial charge in [0.15, 0.2) is 0 Å². The van der Waals surface area contributed by atoms with Crippen LogP contribution in [0.4, 0.5) is 24.5 Å². The van der Waals surface area contributed by atoms with Crippen LogP contribution in [-0.2, 0) is 9.53 Å². The summed E-state index contributed by atoms with van der Waals surface area (Å²) < 4.78 is 39.5. The van der Waals surface area contributed by atoms with E-state index in [4.69, 9.17) is 5.73 Å². The van der Waals surface area contributed by atoms with Crippen LogP contribution in [0, 0.1) is 6.92 Å². The number of aryl methyl sites for hydroxylation is 1. The zero-order valence-electron chi connectivity index (χ0n) is 9.67. The second-order valence-electron chi connectivity index (χ2n) is 3.73. The Kier molecular flexibility index (Phi) is 4.55. The lowest BCUT2D eigenvalue weighted by Crippen LogP contribution is -2.24. The van der Waals surface area contributed by atoms with Crippen LogP contribution in [0.2, 0.25) is 0 Å². The molecule has 100 valence electrons. The molecule has 0 heterocycles. The average molecular weight is 262 g/mol. The lowest BCUT2D eigenvalue weighted by molar-refractivity contribution is -0.174. The summed E-state index contributed by atoms with van der Waals surface area (Å²) in [6.45, 7) is -0.338. The number of hydrogen-bond acceptors (Lipinski definition) is 3. The Balaban J connectivity index is 2.42. The van der Waals surface area contributed by atoms with Crippen molar-refractivity contribution in [3.05, 3.63) is 23.8 Å². The van der Waals surface area contributed by atoms with Gasteiger partial charge in [-0.1, -0.05) is 0 Å². The monoisotopic (exact) mass is 262 g/mol. The van der Waals surface area contributed by atoms with Gasteiger partial charge in [-0.05, 0) is 30.7 Å². The van der Waals surface area contributed by atoms with Gasteiger partial charge in [-0.2, -0.15) is 13.2 Å². The van der Waals surface area contributed by atoms with E-state index in [0.29, 0.717) is 11.4 Å². The summed E-state index contributed by atoms with van der Waals surface area (Å²) >= 11 is 0. The maximum Gasteiger partial charge on any atom is 0.411 e. The lowest BCUT2D eigenvalue weighted by atomic mass is 10.2. The van der Waals surface area contributed by atoms with Crippen LogP contribution in [0.3, 0.4) is 0 Å². The third-order valence-electron chi connectivity index (χ3n) is 2.05. The highest BCUT2D eigenvalue weighted by molar-refractivity contribution is 5.92. The van der Waals surface area contributed by atoms with E-state index < -0.39 is 25.3 Å². The molecule has 0 aliphatic rings. The van der Waals surface area contributed by atoms with Crippen LogP contribution in [0.1, 0.15) is 5.56 Å². The van der Waals surface area contributed by atoms with Crippen molar-refractivity contribution >= 4 is 17.3 Å². The van der Waals surface area contributed by atoms with Crippen molar-refractivity contribution in [3.63, 3.8) is 0 Å². The van der Waals surface area contributed by atoms with Crippen LogP contribution < -0.4 is 11.1 Å². The molecule has 0 fully saturated rings. The molecule has 0 aromatic heterocycles. The third kappa shape index (κ3) is 5.05. The number of nitrogens with one attached hydrogen (secondary N) is 1. The number of hydrogen-bond donors (Lipinski definition) is 2. The highest BCUT2D eigenvalue weighted by Crippen LogP contribution is 2.17. The maximum absolute atomic E-state index is 11.8. The van der Waals surface area contributed by atoms with Crippen LogP contribution in [0.25, 0.3) is 0 Å². The van der Waals surface area contributed by atoms with Crippen molar-refractivity contribution in [1.82, 2.24) is 0 Å². The number of anilines is 2. The number of rotatable bonds is 4. The SMILES string of the molecule is Cc1cc(NC(=O)COCC(F)(F)F)ccc1N. The van der Waals surface area contributed by atoms with Crippen LogP contribution >= 0.6 is 0 Å². The summed E-state index contributed by atoms with van der Waals surface area (Å²) in [6.07, 6.45) is -4.43. The number of nitrogens with two attached hydrogens (primary N) is 1. The Morgan fingerprint density at radius 1 is 1.44 bits per heavy atom. The Bertz CT molecular complexity index is 433. The van der Waals surface area contributed by atoms with Crippen molar-refractivity contribution in [3.8, 4) is 0 Å². The van der Waals surface area contributed by atoms with E-state index in [-0.39, 0.29) is 0 Å². The summed E-state index contributed by atoms with van der Waals surface area (Å²) in [5.74, 6) is -0.650. The van der Waals surface area contributed by atoms with Gasteiger partial charge in [0.05, 0.1) is 0 Å². The van der Waals surface area contributed by atoms with E-state index >= 15 is 0 Å². The predicted molar refractivity (Wildman–Crippen MR) is 61.1 cm³/mol. The van der Waals surface area contributed by atoms with E-state index in [2.05, 4.69) is 10.1 Å². The van der Waals surface area contributed by atoms with E-state index in [1.54, 1.807) is 25.1 Å². The standard InChI is InChI=1S/C11H13F3N2O2/c1-7-4-8(2-3-9(7)15)16-10(17)5-18-6-11(12,13)14/h2-4H,5-6,15H2,1H3,(H,16,17). The summed E-state index contributed by atoms with van der Waals surface area (Å²) in [7, 11) is 0. The number of carbonyl (C=O) groups is 1. The molecule has 1 amide bonds. The molecular formula is C11H13F3N2O2. The van der Waals surface area contributed by atoms with Crippen molar-refractivity contribution in [2.75, 3.05) is 24.3 Å². The minimum atomic E-state index is -4.43. The molecule has 0 radical (unpaired) electrons. The van der Waals surface area contributed by atoms with Crippen molar-refractivity contribution in [2.24, 2.45) is 0 Å². The zero-order valence-corrected chi connectivity index (χ0v) is 9.67. The van der Waals surface area contributed by atoms with Crippen molar-refractivity contribution in [1.29, 1.82) is 0 Å². The van der Waals surface area contributed by atoms with E-state index in [1.807, 2.05) is 0 Å². The molecule has 0 bridgehead atoms. The first-order valence-corrected chi connectivity index (χ1v) is 5.08. The highest BCUT2D eigenvalue weighted by atomic mass is 19.4. The zero-order chi connectivity index (χ0) is 13.8. The summed E-state index contributed by atoms with van der Waals surface area (Å²) in [5.41, 5.74) is 7.38. The van der Waals surface area contributed by atoms with Crippen LogP contribution in [0.15, 0.2) is 18.2 Å². The van der Waals surface area contributed by atoms with Crippen LogP contribution in [-0.4, -0.2) is 25.3 Å². The second kappa shape index (κ2) is 5.72. The van der Waals surface area contributed by atoms with E-state index in [0.717, 1.165) is 5.56 Å². The molecule has 1 aromatic carbocycles. The Labute approximate surface area is 102 Å². The Morgan fingerprint density at radius 3 is 2.67 bits per heavy atom. The molecule has 3 N–H and O–H groups in total. The molecule has 0 spiro atoms. The molecule has 0 aliphatic carbocycles. The minimum absolute atomic E-state index is 0.460. The average Bonchev–Trinajstić information content (AvgIpc) is 2.21. The van der Waals surface area contributed by atoms with Gasteiger partial charge in [0.1, 0.15) is 13.2 Å². The number of nitrogen functional groups attached to an aromatic ring is 1. The molecule has 7 heteroatoms. The molecule has 18 heavy (non-hydrogen) atoms. The van der Waals surface area contributed by atoms with Gasteiger partial charge >= 0.3 is 6.18 Å². The fourth-order valence-corrected chi connectivity index (χ4v) is 1.21. The van der Waals surface area contributed by atoms with Crippen molar-refractivity contribution in [2.45, 2.75) is 13.1 Å². The largest absolute Gasteiger partial charge is 0.411 e. The number of halogens is 3. The molecule has 0 unspecified atom stereocenters. The maximum atomic E-state index is 11.8. The Hall–Kier alpha value is -1.76.